The summed E-state index contributed by atoms with van der Waals surface area (Å²) in [5.41, 5.74) is 2.40. The maximum Gasteiger partial charge on any atom is 0.340 e. The molecule has 2 aromatic rings. The fourth-order valence-electron chi connectivity index (χ4n) is 5.33. The zero-order valence-electron chi connectivity index (χ0n) is 21.6. The van der Waals surface area contributed by atoms with Crippen molar-refractivity contribution in [1.82, 2.24) is 15.1 Å². The molecule has 202 valence electrons. The minimum Gasteiger partial charge on any atom is -0.379 e. The molecular formula is C28H38ClN3O4S. The van der Waals surface area contributed by atoms with Crippen molar-refractivity contribution in [2.24, 2.45) is 0 Å². The molecule has 1 N–H and O–H groups in total. The number of hydrogen-bond acceptors (Lipinski definition) is 6. The standard InChI is InChI=1S/C28H38ClN3O4S/c1-2-16-31(17-5-6-18-32-19-15-30-14-13-28(32)33)24-11-9-23-21-25(12-10-22(23)20-24)36-37(34,35)27-8-4-3-7-26(27)29/h3-4,7-8,10,12,21,24,30H,2,5-6,9,11,13-20H2,1H3. The van der Waals surface area contributed by atoms with E-state index in [1.165, 1.54) is 11.6 Å². The number of nitrogens with one attached hydrogen (secondary N) is 1. The predicted octanol–water partition coefficient (Wildman–Crippen LogP) is 4.28. The molecule has 1 heterocycles. The molecule has 1 fully saturated rings. The molecule has 0 saturated carbocycles. The number of nitrogens with zero attached hydrogens (tertiary/aromatic N) is 2. The normalized spacial score (nSPS) is 18.5. The van der Waals surface area contributed by atoms with Crippen LogP contribution >= 0.6 is 11.6 Å². The quantitative estimate of drug-likeness (QED) is 0.334. The second-order valence-corrected chi connectivity index (χ2v) is 11.8. The SMILES string of the molecule is CCCN(CCCCN1CCNCCC1=O)C1CCc2cc(OS(=O)(=O)c3ccccc3Cl)ccc2C1. The summed E-state index contributed by atoms with van der Waals surface area (Å²) in [5, 5.41) is 3.44. The maximum absolute atomic E-state index is 12.7. The van der Waals surface area contributed by atoms with E-state index in [9.17, 15) is 13.2 Å². The molecule has 1 aliphatic heterocycles. The average molecular weight is 548 g/mol. The Morgan fingerprint density at radius 3 is 2.73 bits per heavy atom. The van der Waals surface area contributed by atoms with E-state index in [4.69, 9.17) is 15.8 Å². The van der Waals surface area contributed by atoms with Gasteiger partial charge in [0.2, 0.25) is 5.91 Å². The van der Waals surface area contributed by atoms with Gasteiger partial charge in [-0.05, 0) is 87.0 Å². The number of rotatable bonds is 11. The van der Waals surface area contributed by atoms with Gasteiger partial charge in [0, 0.05) is 38.6 Å². The van der Waals surface area contributed by atoms with Crippen molar-refractivity contribution in [2.45, 2.75) is 62.8 Å². The summed E-state index contributed by atoms with van der Waals surface area (Å²) in [6.45, 7) is 7.63. The van der Waals surface area contributed by atoms with Crippen LogP contribution in [0.1, 0.15) is 50.2 Å². The summed E-state index contributed by atoms with van der Waals surface area (Å²) < 4.78 is 30.9. The van der Waals surface area contributed by atoms with E-state index in [2.05, 4.69) is 17.1 Å². The van der Waals surface area contributed by atoms with Crippen LogP contribution < -0.4 is 9.50 Å². The second-order valence-electron chi connectivity index (χ2n) is 9.92. The highest BCUT2D eigenvalue weighted by molar-refractivity contribution is 7.87. The first-order valence-corrected chi connectivity index (χ1v) is 15.2. The van der Waals surface area contributed by atoms with E-state index >= 15 is 0 Å². The predicted molar refractivity (Wildman–Crippen MR) is 147 cm³/mol. The lowest BCUT2D eigenvalue weighted by Gasteiger charge is -2.35. The number of amides is 1. The van der Waals surface area contributed by atoms with Crippen molar-refractivity contribution in [3.05, 3.63) is 58.6 Å². The number of carbonyl (C=O) groups is 1. The molecular weight excluding hydrogens is 510 g/mol. The molecule has 4 rings (SSSR count). The topological polar surface area (TPSA) is 79.0 Å². The molecule has 7 nitrogen and oxygen atoms in total. The lowest BCUT2D eigenvalue weighted by molar-refractivity contribution is -0.130. The fourth-order valence-corrected chi connectivity index (χ4v) is 6.75. The highest BCUT2D eigenvalue weighted by atomic mass is 35.5. The van der Waals surface area contributed by atoms with Crippen LogP contribution in [0.3, 0.4) is 0 Å². The molecule has 1 saturated heterocycles. The van der Waals surface area contributed by atoms with Gasteiger partial charge in [-0.2, -0.15) is 8.42 Å². The lowest BCUT2D eigenvalue weighted by atomic mass is 9.87. The van der Waals surface area contributed by atoms with Crippen LogP contribution in [0.5, 0.6) is 5.75 Å². The second kappa shape index (κ2) is 13.1. The summed E-state index contributed by atoms with van der Waals surface area (Å²) in [4.78, 5) is 16.8. The highest BCUT2D eigenvalue weighted by Gasteiger charge is 2.26. The van der Waals surface area contributed by atoms with Crippen LogP contribution in [0.15, 0.2) is 47.4 Å². The first kappa shape index (κ1) is 27.9. The van der Waals surface area contributed by atoms with Gasteiger partial charge in [0.15, 0.2) is 0 Å². The van der Waals surface area contributed by atoms with Crippen molar-refractivity contribution in [3.63, 3.8) is 0 Å². The van der Waals surface area contributed by atoms with Crippen LogP contribution in [0.25, 0.3) is 0 Å². The van der Waals surface area contributed by atoms with Gasteiger partial charge in [-0.15, -0.1) is 0 Å². The van der Waals surface area contributed by atoms with Gasteiger partial charge in [-0.3, -0.25) is 4.79 Å². The number of aryl methyl sites for hydroxylation is 1. The number of hydrogen-bond donors (Lipinski definition) is 1. The molecule has 2 aromatic carbocycles. The smallest absolute Gasteiger partial charge is 0.340 e. The molecule has 37 heavy (non-hydrogen) atoms. The first-order chi connectivity index (χ1) is 17.9. The van der Waals surface area contributed by atoms with Crippen LogP contribution in [0.4, 0.5) is 0 Å². The average Bonchev–Trinajstić information content (AvgIpc) is 3.09. The zero-order valence-corrected chi connectivity index (χ0v) is 23.2. The summed E-state index contributed by atoms with van der Waals surface area (Å²) in [5.74, 6) is 0.586. The van der Waals surface area contributed by atoms with E-state index < -0.39 is 10.1 Å². The Bertz CT molecular complexity index is 1170. The van der Waals surface area contributed by atoms with E-state index in [-0.39, 0.29) is 15.8 Å². The maximum atomic E-state index is 12.7. The summed E-state index contributed by atoms with van der Waals surface area (Å²) >= 11 is 6.08. The summed E-state index contributed by atoms with van der Waals surface area (Å²) in [6.07, 6.45) is 6.67. The van der Waals surface area contributed by atoms with E-state index in [0.717, 1.165) is 83.4 Å². The van der Waals surface area contributed by atoms with Gasteiger partial charge in [-0.25, -0.2) is 0 Å². The minimum absolute atomic E-state index is 0.0264. The number of carbonyl (C=O) groups excluding carboxylic acids is 1. The Balaban J connectivity index is 1.33. The van der Waals surface area contributed by atoms with Crippen molar-refractivity contribution in [1.29, 1.82) is 0 Å². The zero-order chi connectivity index (χ0) is 26.3. The molecule has 9 heteroatoms. The van der Waals surface area contributed by atoms with Gasteiger partial charge in [0.25, 0.3) is 0 Å². The molecule has 2 aliphatic rings. The molecule has 1 amide bonds. The first-order valence-electron chi connectivity index (χ1n) is 13.4. The third-order valence-corrected chi connectivity index (χ3v) is 9.02. The van der Waals surface area contributed by atoms with Crippen LogP contribution in [-0.2, 0) is 27.8 Å². The van der Waals surface area contributed by atoms with Gasteiger partial charge >= 0.3 is 10.1 Å². The van der Waals surface area contributed by atoms with E-state index in [0.29, 0.717) is 18.2 Å². The van der Waals surface area contributed by atoms with Crippen molar-refractivity contribution in [3.8, 4) is 5.75 Å². The molecule has 0 radical (unpaired) electrons. The molecule has 1 unspecified atom stereocenters. The molecule has 1 atom stereocenters. The van der Waals surface area contributed by atoms with Gasteiger partial charge in [0.1, 0.15) is 10.6 Å². The van der Waals surface area contributed by atoms with Gasteiger partial charge < -0.3 is 19.3 Å². The van der Waals surface area contributed by atoms with Crippen molar-refractivity contribution >= 4 is 27.6 Å². The molecule has 0 spiro atoms. The molecule has 0 aromatic heterocycles. The molecule has 1 aliphatic carbocycles. The summed E-state index contributed by atoms with van der Waals surface area (Å²) in [6, 6.07) is 12.4. The Hall–Kier alpha value is -2.13. The third-order valence-electron chi connectivity index (χ3n) is 7.27. The van der Waals surface area contributed by atoms with Gasteiger partial charge in [0.05, 0.1) is 5.02 Å². The Labute approximate surface area is 226 Å². The number of benzene rings is 2. The number of fused-ring (bicyclic) bond motifs is 1. The Morgan fingerprint density at radius 2 is 1.92 bits per heavy atom. The van der Waals surface area contributed by atoms with Crippen molar-refractivity contribution < 1.29 is 17.4 Å². The largest absolute Gasteiger partial charge is 0.379 e. The van der Waals surface area contributed by atoms with E-state index in [1.54, 1.807) is 24.3 Å². The number of unbranched alkanes of at least 4 members (excludes halogenated alkanes) is 1. The highest BCUT2D eigenvalue weighted by Crippen LogP contribution is 2.30. The number of halogens is 1. The fraction of sp³-hybridized carbons (Fsp3) is 0.536. The minimum atomic E-state index is -4.00. The van der Waals surface area contributed by atoms with Gasteiger partial charge in [-0.1, -0.05) is 36.7 Å². The van der Waals surface area contributed by atoms with Crippen molar-refractivity contribution in [2.75, 3.05) is 39.3 Å². The Kier molecular flexibility index (Phi) is 9.87. The lowest BCUT2D eigenvalue weighted by Crippen LogP contribution is -2.41. The summed E-state index contributed by atoms with van der Waals surface area (Å²) in [7, 11) is -4.00. The third kappa shape index (κ3) is 7.47. The van der Waals surface area contributed by atoms with Crippen LogP contribution in [0.2, 0.25) is 5.02 Å². The Morgan fingerprint density at radius 1 is 1.08 bits per heavy atom. The molecule has 0 bridgehead atoms. The van der Waals surface area contributed by atoms with Crippen LogP contribution in [-0.4, -0.2) is 69.4 Å². The van der Waals surface area contributed by atoms with E-state index in [1.807, 2.05) is 17.0 Å². The van der Waals surface area contributed by atoms with Crippen LogP contribution in [0, 0.1) is 0 Å². The monoisotopic (exact) mass is 547 g/mol.